The number of hydrogen-bond acceptors (Lipinski definition) is 5. The van der Waals surface area contributed by atoms with Gasteiger partial charge in [0.2, 0.25) is 0 Å². The van der Waals surface area contributed by atoms with Crippen LogP contribution in [-0.4, -0.2) is 47.7 Å². The summed E-state index contributed by atoms with van der Waals surface area (Å²) in [4.78, 5) is 25.1. The summed E-state index contributed by atoms with van der Waals surface area (Å²) in [6.45, 7) is 9.25. The van der Waals surface area contributed by atoms with Gasteiger partial charge in [-0.05, 0) is 49.2 Å². The van der Waals surface area contributed by atoms with Gasteiger partial charge in [-0.15, -0.1) is 0 Å². The summed E-state index contributed by atoms with van der Waals surface area (Å²) >= 11 is 3.50. The Labute approximate surface area is 182 Å². The fourth-order valence-electron chi connectivity index (χ4n) is 2.86. The number of aromatic nitrogens is 6. The van der Waals surface area contributed by atoms with Crippen LogP contribution in [0, 0.1) is 13.8 Å². The fourth-order valence-corrected chi connectivity index (χ4v) is 3.15. The van der Waals surface area contributed by atoms with Crippen molar-refractivity contribution in [1.29, 1.82) is 0 Å². The van der Waals surface area contributed by atoms with Gasteiger partial charge in [-0.2, -0.15) is 15.3 Å². The van der Waals surface area contributed by atoms with Crippen molar-refractivity contribution in [3.8, 4) is 0 Å². The quantitative estimate of drug-likeness (QED) is 0.518. The lowest BCUT2D eigenvalue weighted by Crippen LogP contribution is -2.26. The standard InChI is InChI=1S/C19H25BrN8O2/c1-5-8-21-19(30)17-15(10-26(6-2)25-17)22-18(29)14-7-9-27(24-14)11-28-13(4)16(20)12(3)23-28/h7,9-10H,5-6,8,11H2,1-4H3,(H,21,30)(H,22,29). The van der Waals surface area contributed by atoms with Crippen LogP contribution in [0.2, 0.25) is 0 Å². The summed E-state index contributed by atoms with van der Waals surface area (Å²) < 4.78 is 5.99. The smallest absolute Gasteiger partial charge is 0.276 e. The van der Waals surface area contributed by atoms with Crippen LogP contribution in [-0.2, 0) is 13.2 Å². The van der Waals surface area contributed by atoms with E-state index in [-0.39, 0.29) is 17.3 Å². The van der Waals surface area contributed by atoms with E-state index in [2.05, 4.69) is 41.9 Å². The molecule has 0 fully saturated rings. The third-order valence-electron chi connectivity index (χ3n) is 4.53. The molecule has 0 aromatic carbocycles. The minimum absolute atomic E-state index is 0.186. The molecule has 0 aliphatic rings. The molecule has 160 valence electrons. The largest absolute Gasteiger partial charge is 0.351 e. The second kappa shape index (κ2) is 9.24. The van der Waals surface area contributed by atoms with E-state index in [0.29, 0.717) is 25.4 Å². The third-order valence-corrected chi connectivity index (χ3v) is 5.68. The highest BCUT2D eigenvalue weighted by Gasteiger charge is 2.20. The lowest BCUT2D eigenvalue weighted by molar-refractivity contribution is 0.0948. The van der Waals surface area contributed by atoms with Gasteiger partial charge in [-0.25, -0.2) is 4.68 Å². The lowest BCUT2D eigenvalue weighted by Gasteiger charge is -2.05. The van der Waals surface area contributed by atoms with E-state index in [9.17, 15) is 9.59 Å². The fraction of sp³-hybridized carbons (Fsp3) is 0.421. The number of halogens is 1. The summed E-state index contributed by atoms with van der Waals surface area (Å²) in [6.07, 6.45) is 4.16. The Balaban J connectivity index is 1.74. The molecule has 10 nitrogen and oxygen atoms in total. The molecule has 0 aliphatic carbocycles. The Hall–Kier alpha value is -2.95. The number of amides is 2. The maximum atomic E-state index is 12.7. The molecule has 0 atom stereocenters. The molecular formula is C19H25BrN8O2. The zero-order valence-corrected chi connectivity index (χ0v) is 19.0. The molecule has 30 heavy (non-hydrogen) atoms. The molecule has 0 radical (unpaired) electrons. The first-order valence-corrected chi connectivity index (χ1v) is 10.5. The van der Waals surface area contributed by atoms with Gasteiger partial charge in [0.05, 0.1) is 21.5 Å². The van der Waals surface area contributed by atoms with Crippen molar-refractivity contribution in [2.75, 3.05) is 11.9 Å². The van der Waals surface area contributed by atoms with Crippen LogP contribution in [0.4, 0.5) is 5.69 Å². The minimum atomic E-state index is -0.413. The van der Waals surface area contributed by atoms with Crippen LogP contribution in [0.1, 0.15) is 52.6 Å². The number of rotatable bonds is 8. The van der Waals surface area contributed by atoms with E-state index in [0.717, 1.165) is 22.3 Å². The summed E-state index contributed by atoms with van der Waals surface area (Å²) in [5.74, 6) is -0.733. The van der Waals surface area contributed by atoms with E-state index in [1.54, 1.807) is 32.5 Å². The Morgan fingerprint density at radius 3 is 2.50 bits per heavy atom. The molecule has 0 saturated heterocycles. The molecule has 0 aliphatic heterocycles. The van der Waals surface area contributed by atoms with Crippen LogP contribution < -0.4 is 10.6 Å². The van der Waals surface area contributed by atoms with Gasteiger partial charge in [0.15, 0.2) is 11.4 Å². The van der Waals surface area contributed by atoms with Gasteiger partial charge in [0.25, 0.3) is 11.8 Å². The van der Waals surface area contributed by atoms with Gasteiger partial charge in [-0.3, -0.25) is 19.0 Å². The van der Waals surface area contributed by atoms with Gasteiger partial charge in [-0.1, -0.05) is 6.92 Å². The normalized spacial score (nSPS) is 11.0. The SMILES string of the molecule is CCCNC(=O)c1nn(CC)cc1NC(=O)c1ccn(Cn2nc(C)c(Br)c2C)n1. The highest BCUT2D eigenvalue weighted by atomic mass is 79.9. The highest BCUT2D eigenvalue weighted by Crippen LogP contribution is 2.20. The van der Waals surface area contributed by atoms with Gasteiger partial charge in [0, 0.05) is 25.5 Å². The molecule has 0 unspecified atom stereocenters. The second-order valence-electron chi connectivity index (χ2n) is 6.82. The monoisotopic (exact) mass is 476 g/mol. The lowest BCUT2D eigenvalue weighted by atomic mass is 10.3. The molecule has 3 rings (SSSR count). The Morgan fingerprint density at radius 2 is 1.87 bits per heavy atom. The number of nitrogens with zero attached hydrogens (tertiary/aromatic N) is 6. The summed E-state index contributed by atoms with van der Waals surface area (Å²) in [6, 6.07) is 1.62. The first-order valence-electron chi connectivity index (χ1n) is 9.74. The second-order valence-corrected chi connectivity index (χ2v) is 7.62. The van der Waals surface area contributed by atoms with Crippen LogP contribution in [0.3, 0.4) is 0 Å². The van der Waals surface area contributed by atoms with Crippen molar-refractivity contribution < 1.29 is 9.59 Å². The number of carbonyl (C=O) groups excluding carboxylic acids is 2. The van der Waals surface area contributed by atoms with Crippen molar-refractivity contribution in [2.45, 2.75) is 47.3 Å². The third kappa shape index (κ3) is 4.61. The van der Waals surface area contributed by atoms with E-state index in [4.69, 9.17) is 0 Å². The Morgan fingerprint density at radius 1 is 1.10 bits per heavy atom. The number of aryl methyl sites for hydroxylation is 2. The molecule has 3 aromatic heterocycles. The zero-order valence-electron chi connectivity index (χ0n) is 17.4. The van der Waals surface area contributed by atoms with Crippen molar-refractivity contribution in [1.82, 2.24) is 34.7 Å². The van der Waals surface area contributed by atoms with Crippen molar-refractivity contribution in [2.24, 2.45) is 0 Å². The summed E-state index contributed by atoms with van der Waals surface area (Å²) in [5, 5.41) is 18.6. The molecule has 0 saturated carbocycles. The van der Waals surface area contributed by atoms with Crippen LogP contribution in [0.25, 0.3) is 0 Å². The first-order chi connectivity index (χ1) is 14.3. The number of carbonyl (C=O) groups is 2. The molecule has 0 bridgehead atoms. The highest BCUT2D eigenvalue weighted by molar-refractivity contribution is 9.10. The predicted octanol–water partition coefficient (Wildman–Crippen LogP) is 2.57. The number of nitrogens with one attached hydrogen (secondary N) is 2. The maximum Gasteiger partial charge on any atom is 0.276 e. The minimum Gasteiger partial charge on any atom is -0.351 e. The molecular weight excluding hydrogens is 452 g/mol. The Bertz CT molecular complexity index is 1060. The summed E-state index contributed by atoms with van der Waals surface area (Å²) in [7, 11) is 0. The van der Waals surface area contributed by atoms with Crippen LogP contribution in [0.15, 0.2) is 22.9 Å². The number of anilines is 1. The molecule has 3 aromatic rings. The summed E-state index contributed by atoms with van der Waals surface area (Å²) in [5.41, 5.74) is 2.64. The molecule has 0 spiro atoms. The average molecular weight is 477 g/mol. The van der Waals surface area contributed by atoms with Gasteiger partial charge < -0.3 is 10.6 Å². The Kier molecular flexibility index (Phi) is 6.70. The molecule has 2 N–H and O–H groups in total. The van der Waals surface area contributed by atoms with E-state index >= 15 is 0 Å². The van der Waals surface area contributed by atoms with Crippen molar-refractivity contribution >= 4 is 33.4 Å². The molecule has 11 heteroatoms. The molecule has 3 heterocycles. The topological polar surface area (TPSA) is 112 Å². The zero-order chi connectivity index (χ0) is 21.8. The predicted molar refractivity (Wildman–Crippen MR) is 116 cm³/mol. The maximum absolute atomic E-state index is 12.7. The van der Waals surface area contributed by atoms with Crippen LogP contribution >= 0.6 is 15.9 Å². The van der Waals surface area contributed by atoms with E-state index < -0.39 is 5.91 Å². The van der Waals surface area contributed by atoms with Crippen molar-refractivity contribution in [3.63, 3.8) is 0 Å². The molecule has 2 amide bonds. The van der Waals surface area contributed by atoms with Crippen molar-refractivity contribution in [3.05, 3.63) is 45.7 Å². The first kappa shape index (κ1) is 21.8. The van der Waals surface area contributed by atoms with Gasteiger partial charge in [0.1, 0.15) is 6.67 Å². The number of hydrogen-bond donors (Lipinski definition) is 2. The van der Waals surface area contributed by atoms with E-state index in [1.165, 1.54) is 0 Å². The average Bonchev–Trinajstić information content (AvgIpc) is 3.42. The van der Waals surface area contributed by atoms with Gasteiger partial charge >= 0.3 is 0 Å². The van der Waals surface area contributed by atoms with Crippen LogP contribution in [0.5, 0.6) is 0 Å². The van der Waals surface area contributed by atoms with E-state index in [1.807, 2.05) is 27.7 Å².